The molecule has 0 bridgehead atoms. The van der Waals surface area contributed by atoms with E-state index in [1.165, 1.54) is 0 Å². The molecule has 1 atom stereocenters. The highest BCUT2D eigenvalue weighted by molar-refractivity contribution is 5.74. The summed E-state index contributed by atoms with van der Waals surface area (Å²) < 4.78 is 5.01. The molecular formula is C10H19NO2. The Balaban J connectivity index is 3.87. The smallest absolute Gasteiger partial charge is 0.322 e. The molecule has 0 fully saturated rings. The number of allylic oxidation sites excluding steroid dienone is 1. The monoisotopic (exact) mass is 185 g/mol. The van der Waals surface area contributed by atoms with Crippen molar-refractivity contribution in [2.45, 2.75) is 33.2 Å². The van der Waals surface area contributed by atoms with Crippen molar-refractivity contribution in [2.24, 2.45) is 11.1 Å². The number of ether oxygens (including phenoxy) is 1. The summed E-state index contributed by atoms with van der Waals surface area (Å²) in [5.74, 6) is -0.350. The van der Waals surface area contributed by atoms with Gasteiger partial charge in [0.2, 0.25) is 0 Å². The predicted molar refractivity (Wildman–Crippen MR) is 53.2 cm³/mol. The van der Waals surface area contributed by atoms with Crippen LogP contribution in [-0.4, -0.2) is 18.6 Å². The van der Waals surface area contributed by atoms with Crippen LogP contribution in [0.2, 0.25) is 0 Å². The molecule has 13 heavy (non-hydrogen) atoms. The van der Waals surface area contributed by atoms with Crippen LogP contribution >= 0.6 is 0 Å². The summed E-state index contributed by atoms with van der Waals surface area (Å²) in [5.41, 5.74) is 5.30. The molecule has 76 valence electrons. The summed E-state index contributed by atoms with van der Waals surface area (Å²) in [5, 5.41) is 0. The molecule has 0 aliphatic carbocycles. The van der Waals surface area contributed by atoms with E-state index in [1.54, 1.807) is 6.92 Å². The SMILES string of the molecule is C=CCC(C)(C)COC(=O)[C@H](C)N. The van der Waals surface area contributed by atoms with Crippen molar-refractivity contribution in [3.63, 3.8) is 0 Å². The van der Waals surface area contributed by atoms with E-state index in [0.717, 1.165) is 6.42 Å². The second kappa shape index (κ2) is 5.02. The summed E-state index contributed by atoms with van der Waals surface area (Å²) >= 11 is 0. The van der Waals surface area contributed by atoms with E-state index in [0.29, 0.717) is 6.61 Å². The lowest BCUT2D eigenvalue weighted by molar-refractivity contribution is -0.147. The summed E-state index contributed by atoms with van der Waals surface area (Å²) in [7, 11) is 0. The number of esters is 1. The van der Waals surface area contributed by atoms with Crippen LogP contribution in [0.15, 0.2) is 12.7 Å². The standard InChI is InChI=1S/C10H19NO2/c1-5-6-10(3,4)7-13-9(12)8(2)11/h5,8H,1,6-7,11H2,2-4H3/t8-/m0/s1. The maximum atomic E-state index is 11.0. The van der Waals surface area contributed by atoms with Crippen LogP contribution in [0.5, 0.6) is 0 Å². The van der Waals surface area contributed by atoms with E-state index in [4.69, 9.17) is 10.5 Å². The predicted octanol–water partition coefficient (Wildman–Crippen LogP) is 1.48. The third kappa shape index (κ3) is 5.42. The molecule has 0 heterocycles. The quantitative estimate of drug-likeness (QED) is 0.521. The first-order valence-electron chi connectivity index (χ1n) is 4.42. The Morgan fingerprint density at radius 2 is 2.23 bits per heavy atom. The molecule has 0 aliphatic heterocycles. The van der Waals surface area contributed by atoms with Crippen LogP contribution in [0.3, 0.4) is 0 Å². The Hall–Kier alpha value is -0.830. The minimum absolute atomic E-state index is 0.0493. The van der Waals surface area contributed by atoms with Crippen molar-refractivity contribution in [2.75, 3.05) is 6.61 Å². The van der Waals surface area contributed by atoms with Crippen LogP contribution < -0.4 is 5.73 Å². The van der Waals surface area contributed by atoms with Gasteiger partial charge in [-0.2, -0.15) is 0 Å². The van der Waals surface area contributed by atoms with Crippen LogP contribution in [0.4, 0.5) is 0 Å². The minimum atomic E-state index is -0.542. The highest BCUT2D eigenvalue weighted by atomic mass is 16.5. The highest BCUT2D eigenvalue weighted by Crippen LogP contribution is 2.20. The fourth-order valence-electron chi connectivity index (χ4n) is 0.848. The lowest BCUT2D eigenvalue weighted by Gasteiger charge is -2.22. The van der Waals surface area contributed by atoms with Crippen molar-refractivity contribution >= 4 is 5.97 Å². The summed E-state index contributed by atoms with van der Waals surface area (Å²) in [6.07, 6.45) is 2.64. The van der Waals surface area contributed by atoms with Gasteiger partial charge in [0.15, 0.2) is 0 Å². The number of hydrogen-bond acceptors (Lipinski definition) is 3. The molecule has 0 aromatic heterocycles. The second-order valence-corrected chi connectivity index (χ2v) is 4.05. The lowest BCUT2D eigenvalue weighted by atomic mass is 9.91. The average Bonchev–Trinajstić information content (AvgIpc) is 2.00. The Bertz CT molecular complexity index is 185. The molecule has 0 aromatic rings. The second-order valence-electron chi connectivity index (χ2n) is 4.05. The third-order valence-corrected chi connectivity index (χ3v) is 1.67. The zero-order chi connectivity index (χ0) is 10.5. The molecule has 0 aliphatic rings. The molecule has 0 saturated heterocycles. The highest BCUT2D eigenvalue weighted by Gasteiger charge is 2.19. The van der Waals surface area contributed by atoms with E-state index in [2.05, 4.69) is 6.58 Å². The zero-order valence-corrected chi connectivity index (χ0v) is 8.67. The van der Waals surface area contributed by atoms with E-state index < -0.39 is 6.04 Å². The van der Waals surface area contributed by atoms with E-state index in [1.807, 2.05) is 19.9 Å². The Morgan fingerprint density at radius 1 is 1.69 bits per heavy atom. The molecule has 2 N–H and O–H groups in total. The van der Waals surface area contributed by atoms with Crippen molar-refractivity contribution < 1.29 is 9.53 Å². The zero-order valence-electron chi connectivity index (χ0n) is 8.67. The van der Waals surface area contributed by atoms with Gasteiger partial charge in [-0.3, -0.25) is 4.79 Å². The first-order chi connectivity index (χ1) is 5.89. The van der Waals surface area contributed by atoms with Crippen LogP contribution in [-0.2, 0) is 9.53 Å². The molecule has 3 heteroatoms. The molecule has 0 unspecified atom stereocenters. The number of carbonyl (C=O) groups is 1. The molecule has 0 rings (SSSR count). The first kappa shape index (κ1) is 12.2. The molecule has 0 amide bonds. The van der Waals surface area contributed by atoms with Crippen molar-refractivity contribution in [3.05, 3.63) is 12.7 Å². The van der Waals surface area contributed by atoms with Crippen LogP contribution in [0.25, 0.3) is 0 Å². The van der Waals surface area contributed by atoms with Gasteiger partial charge >= 0.3 is 5.97 Å². The van der Waals surface area contributed by atoms with Crippen LogP contribution in [0.1, 0.15) is 27.2 Å². The van der Waals surface area contributed by atoms with Crippen molar-refractivity contribution in [1.29, 1.82) is 0 Å². The summed E-state index contributed by atoms with van der Waals surface area (Å²) in [4.78, 5) is 11.0. The summed E-state index contributed by atoms with van der Waals surface area (Å²) in [6, 6.07) is -0.542. The lowest BCUT2D eigenvalue weighted by Crippen LogP contribution is -2.32. The largest absolute Gasteiger partial charge is 0.464 e. The maximum absolute atomic E-state index is 11.0. The third-order valence-electron chi connectivity index (χ3n) is 1.67. The normalized spacial score (nSPS) is 13.5. The number of rotatable bonds is 5. The molecular weight excluding hydrogens is 166 g/mol. The fraction of sp³-hybridized carbons (Fsp3) is 0.700. The molecule has 0 saturated carbocycles. The van der Waals surface area contributed by atoms with Gasteiger partial charge in [0, 0.05) is 5.41 Å². The number of hydrogen-bond donors (Lipinski definition) is 1. The maximum Gasteiger partial charge on any atom is 0.322 e. The molecule has 0 radical (unpaired) electrons. The van der Waals surface area contributed by atoms with Gasteiger partial charge in [0.25, 0.3) is 0 Å². The molecule has 0 spiro atoms. The van der Waals surface area contributed by atoms with Crippen LogP contribution in [0, 0.1) is 5.41 Å². The Labute approximate surface area is 79.9 Å². The van der Waals surface area contributed by atoms with E-state index >= 15 is 0 Å². The van der Waals surface area contributed by atoms with Crippen molar-refractivity contribution in [1.82, 2.24) is 0 Å². The minimum Gasteiger partial charge on any atom is -0.464 e. The van der Waals surface area contributed by atoms with E-state index in [9.17, 15) is 4.79 Å². The van der Waals surface area contributed by atoms with Gasteiger partial charge in [0.1, 0.15) is 6.04 Å². The van der Waals surface area contributed by atoms with Gasteiger partial charge in [-0.25, -0.2) is 0 Å². The number of carbonyl (C=O) groups excluding carboxylic acids is 1. The molecule has 0 aromatic carbocycles. The van der Waals surface area contributed by atoms with Gasteiger partial charge in [0.05, 0.1) is 6.61 Å². The first-order valence-corrected chi connectivity index (χ1v) is 4.42. The number of nitrogens with two attached hydrogens (primary N) is 1. The molecule has 3 nitrogen and oxygen atoms in total. The Kier molecular flexibility index (Phi) is 4.70. The van der Waals surface area contributed by atoms with E-state index in [-0.39, 0.29) is 11.4 Å². The Morgan fingerprint density at radius 3 is 2.62 bits per heavy atom. The summed E-state index contributed by atoms with van der Waals surface area (Å²) in [6.45, 7) is 9.68. The fourth-order valence-corrected chi connectivity index (χ4v) is 0.848. The van der Waals surface area contributed by atoms with Crippen molar-refractivity contribution in [3.8, 4) is 0 Å². The van der Waals surface area contributed by atoms with Gasteiger partial charge in [-0.15, -0.1) is 6.58 Å². The van der Waals surface area contributed by atoms with Gasteiger partial charge in [-0.05, 0) is 13.3 Å². The average molecular weight is 185 g/mol. The topological polar surface area (TPSA) is 52.3 Å². The van der Waals surface area contributed by atoms with Gasteiger partial charge in [-0.1, -0.05) is 19.9 Å². The van der Waals surface area contributed by atoms with Gasteiger partial charge < -0.3 is 10.5 Å².